The number of benzene rings is 2. The summed E-state index contributed by atoms with van der Waals surface area (Å²) in [7, 11) is -3.77. The van der Waals surface area contributed by atoms with Gasteiger partial charge in [-0.1, -0.05) is 41.6 Å². The van der Waals surface area contributed by atoms with Gasteiger partial charge in [0, 0.05) is 5.69 Å². The molecule has 0 unspecified atom stereocenters. The largest absolute Gasteiger partial charge is 0.370 e. The molecule has 2 aromatic carbocycles. The zero-order valence-corrected chi connectivity index (χ0v) is 17.1. The molecule has 1 atom stereocenters. The first kappa shape index (κ1) is 20.8. The van der Waals surface area contributed by atoms with Gasteiger partial charge in [0.05, 0.1) is 10.6 Å². The van der Waals surface area contributed by atoms with E-state index < -0.39 is 16.2 Å². The molecule has 9 nitrogen and oxygen atoms in total. The lowest BCUT2D eigenvalue weighted by Gasteiger charge is -2.19. The second-order valence-corrected chi connectivity index (χ2v) is 8.79. The molecule has 6 N–H and O–H groups in total. The molecule has 152 valence electrons. The van der Waals surface area contributed by atoms with Crippen molar-refractivity contribution in [3.63, 3.8) is 0 Å². The summed E-state index contributed by atoms with van der Waals surface area (Å²) in [5.41, 5.74) is 8.31. The van der Waals surface area contributed by atoms with E-state index in [1.165, 1.54) is 36.0 Å². The number of rotatable bonds is 5. The first-order chi connectivity index (χ1) is 13.7. The van der Waals surface area contributed by atoms with Gasteiger partial charge in [0.25, 0.3) is 0 Å². The summed E-state index contributed by atoms with van der Waals surface area (Å²) >= 11 is 1.19. The van der Waals surface area contributed by atoms with Crippen LogP contribution in [0, 0.1) is 6.92 Å². The van der Waals surface area contributed by atoms with Crippen LogP contribution in [0.1, 0.15) is 17.3 Å². The van der Waals surface area contributed by atoms with Gasteiger partial charge >= 0.3 is 0 Å². The number of aryl methyl sites for hydroxylation is 1. The molecule has 1 amide bonds. The van der Waals surface area contributed by atoms with Gasteiger partial charge in [0.2, 0.25) is 15.9 Å². The quantitative estimate of drug-likeness (QED) is 0.558. The molecule has 0 saturated heterocycles. The molecule has 0 radical (unpaired) electrons. The summed E-state index contributed by atoms with van der Waals surface area (Å²) in [4.78, 5) is 21.0. The van der Waals surface area contributed by atoms with Gasteiger partial charge in [-0.15, -0.1) is 0 Å². The summed E-state index contributed by atoms with van der Waals surface area (Å²) in [6.45, 7) is 1.98. The van der Waals surface area contributed by atoms with Crippen molar-refractivity contribution in [3.8, 4) is 0 Å². The van der Waals surface area contributed by atoms with E-state index in [4.69, 9.17) is 10.9 Å². The molecule has 0 bridgehead atoms. The fourth-order valence-corrected chi connectivity index (χ4v) is 3.76. The molecule has 0 saturated carbocycles. The fourth-order valence-electron chi connectivity index (χ4n) is 2.56. The Bertz CT molecular complexity index is 1080. The number of carbonyl (C=O) groups is 1. The van der Waals surface area contributed by atoms with Crippen molar-refractivity contribution in [3.05, 3.63) is 59.7 Å². The maximum Gasteiger partial charge on any atom is 0.238 e. The van der Waals surface area contributed by atoms with E-state index in [1.807, 2.05) is 31.2 Å². The third-order valence-electron chi connectivity index (χ3n) is 3.88. The van der Waals surface area contributed by atoms with Crippen molar-refractivity contribution < 1.29 is 13.2 Å². The molecule has 11 heteroatoms. The lowest BCUT2D eigenvalue weighted by Crippen LogP contribution is -2.39. The summed E-state index contributed by atoms with van der Waals surface area (Å²) in [5, 5.41) is 11.1. The van der Waals surface area contributed by atoms with Gasteiger partial charge in [0.1, 0.15) is 0 Å². The monoisotopic (exact) mass is 432 g/mol. The number of nitrogens with two attached hydrogens (primary N) is 2. The summed E-state index contributed by atoms with van der Waals surface area (Å²) in [5.74, 6) is 0.0281. The highest BCUT2D eigenvalue weighted by Crippen LogP contribution is 2.23. The fraction of sp³-hybridized carbons (Fsp3) is 0.167. The third-order valence-corrected chi connectivity index (χ3v) is 5.70. The molecular formula is C18H20N6O3S2. The van der Waals surface area contributed by atoms with E-state index in [0.717, 1.165) is 11.1 Å². The van der Waals surface area contributed by atoms with E-state index in [2.05, 4.69) is 20.6 Å². The zero-order valence-electron chi connectivity index (χ0n) is 15.5. The van der Waals surface area contributed by atoms with Crippen LogP contribution in [-0.2, 0) is 14.8 Å². The standard InChI is InChI=1S/C18H20N6O3S2/c1-11-3-2-4-12(9-11)16-22-17(19)24-18(23-16)28-10-15(25)21-13-5-7-14(8-6-13)29(20,26)27/h2-9,16H,10H2,1H3,(H,21,25)(H2,20,26,27)(H3,19,22,23,24)/t16-/m0/s1. The van der Waals surface area contributed by atoms with Crippen molar-refractivity contribution in [2.75, 3.05) is 11.1 Å². The van der Waals surface area contributed by atoms with Gasteiger partial charge in [-0.25, -0.2) is 23.5 Å². The van der Waals surface area contributed by atoms with Crippen LogP contribution >= 0.6 is 11.8 Å². The molecular weight excluding hydrogens is 412 g/mol. The minimum Gasteiger partial charge on any atom is -0.370 e. The lowest BCUT2D eigenvalue weighted by molar-refractivity contribution is -0.113. The Labute approximate surface area is 172 Å². The molecule has 29 heavy (non-hydrogen) atoms. The molecule has 3 rings (SSSR count). The normalized spacial score (nSPS) is 16.4. The Kier molecular flexibility index (Phi) is 6.20. The van der Waals surface area contributed by atoms with Gasteiger partial charge in [0.15, 0.2) is 17.3 Å². The smallest absolute Gasteiger partial charge is 0.238 e. The van der Waals surface area contributed by atoms with E-state index >= 15 is 0 Å². The summed E-state index contributed by atoms with van der Waals surface area (Å²) < 4.78 is 22.5. The van der Waals surface area contributed by atoms with Gasteiger partial charge in [-0.3, -0.25) is 4.79 Å². The number of amides is 1. The number of thioether (sulfide) groups is 1. The number of aliphatic imine (C=N–C) groups is 2. The SMILES string of the molecule is Cc1cccc([C@H]2N=C(N)NC(SCC(=O)Nc3ccc(S(N)(=O)=O)cc3)=N2)c1. The summed E-state index contributed by atoms with van der Waals surface area (Å²) in [6, 6.07) is 13.4. The zero-order chi connectivity index (χ0) is 21.0. The lowest BCUT2D eigenvalue weighted by atomic mass is 10.1. The molecule has 1 heterocycles. The number of carbonyl (C=O) groups excluding carboxylic acids is 1. The molecule has 2 aromatic rings. The van der Waals surface area contributed by atoms with Crippen molar-refractivity contribution in [1.29, 1.82) is 0 Å². The molecule has 0 aliphatic carbocycles. The molecule has 0 aromatic heterocycles. The van der Waals surface area contributed by atoms with Gasteiger partial charge in [-0.05, 0) is 36.8 Å². The maximum absolute atomic E-state index is 12.2. The number of anilines is 1. The Morgan fingerprint density at radius 1 is 1.21 bits per heavy atom. The van der Waals surface area contributed by atoms with Crippen molar-refractivity contribution >= 4 is 44.5 Å². The minimum absolute atomic E-state index is 0.0254. The van der Waals surface area contributed by atoms with E-state index in [9.17, 15) is 13.2 Å². The number of amidine groups is 1. The predicted molar refractivity (Wildman–Crippen MR) is 115 cm³/mol. The van der Waals surface area contributed by atoms with Crippen molar-refractivity contribution in [2.24, 2.45) is 20.9 Å². The number of nitrogens with zero attached hydrogens (tertiary/aromatic N) is 2. The Balaban J connectivity index is 1.60. The van der Waals surface area contributed by atoms with Gasteiger partial charge in [-0.2, -0.15) is 0 Å². The van der Waals surface area contributed by atoms with Crippen LogP contribution < -0.4 is 21.5 Å². The van der Waals surface area contributed by atoms with E-state index in [-0.39, 0.29) is 22.5 Å². The van der Waals surface area contributed by atoms with Crippen LogP contribution in [0.4, 0.5) is 5.69 Å². The highest BCUT2D eigenvalue weighted by atomic mass is 32.2. The first-order valence-electron chi connectivity index (χ1n) is 8.51. The average molecular weight is 433 g/mol. The number of sulfonamides is 1. The average Bonchev–Trinajstić information content (AvgIpc) is 2.66. The van der Waals surface area contributed by atoms with Crippen LogP contribution in [0.2, 0.25) is 0 Å². The predicted octanol–water partition coefficient (Wildman–Crippen LogP) is 1.29. The van der Waals surface area contributed by atoms with E-state index in [1.54, 1.807) is 0 Å². The number of hydrogen-bond acceptors (Lipinski definition) is 8. The Morgan fingerprint density at radius 2 is 1.93 bits per heavy atom. The third kappa shape index (κ3) is 5.79. The second-order valence-electron chi connectivity index (χ2n) is 6.27. The van der Waals surface area contributed by atoms with Crippen LogP contribution in [-0.4, -0.2) is 31.2 Å². The van der Waals surface area contributed by atoms with Gasteiger partial charge < -0.3 is 16.4 Å². The van der Waals surface area contributed by atoms with Crippen molar-refractivity contribution in [1.82, 2.24) is 5.32 Å². The second kappa shape index (κ2) is 8.64. The molecule has 1 aliphatic rings. The number of hydrogen-bond donors (Lipinski definition) is 4. The molecule has 1 aliphatic heterocycles. The van der Waals surface area contributed by atoms with Crippen molar-refractivity contribution in [2.45, 2.75) is 18.0 Å². The number of nitrogens with one attached hydrogen (secondary N) is 2. The maximum atomic E-state index is 12.2. The molecule has 0 fully saturated rings. The highest BCUT2D eigenvalue weighted by Gasteiger charge is 2.18. The Hall–Kier alpha value is -2.89. The topological polar surface area (TPSA) is 152 Å². The minimum atomic E-state index is -3.77. The van der Waals surface area contributed by atoms with E-state index in [0.29, 0.717) is 10.9 Å². The Morgan fingerprint density at radius 3 is 2.59 bits per heavy atom. The van der Waals surface area contributed by atoms with Crippen LogP contribution in [0.25, 0.3) is 0 Å². The summed E-state index contributed by atoms with van der Waals surface area (Å²) in [6.07, 6.45) is -0.465. The number of primary sulfonamides is 1. The highest BCUT2D eigenvalue weighted by molar-refractivity contribution is 8.14. The van der Waals surface area contributed by atoms with Crippen LogP contribution in [0.5, 0.6) is 0 Å². The van der Waals surface area contributed by atoms with Crippen LogP contribution in [0.3, 0.4) is 0 Å². The van der Waals surface area contributed by atoms with Crippen LogP contribution in [0.15, 0.2) is 63.4 Å². The molecule has 0 spiro atoms. The number of guanidine groups is 1. The first-order valence-corrected chi connectivity index (χ1v) is 11.0.